The van der Waals surface area contributed by atoms with E-state index in [0.717, 1.165) is 30.4 Å². The molecular weight excluding hydrogens is 212 g/mol. The van der Waals surface area contributed by atoms with Crippen molar-refractivity contribution in [3.8, 4) is 0 Å². The van der Waals surface area contributed by atoms with Crippen molar-refractivity contribution in [3.05, 3.63) is 35.5 Å². The quantitative estimate of drug-likeness (QED) is 0.706. The molecule has 0 saturated heterocycles. The number of ketones is 1. The average molecular weight is 232 g/mol. The molecule has 1 saturated carbocycles. The Bertz CT molecular complexity index is 415. The molecule has 92 valence electrons. The lowest BCUT2D eigenvalue weighted by Gasteiger charge is -2.43. The van der Waals surface area contributed by atoms with E-state index in [2.05, 4.69) is 6.92 Å². The van der Waals surface area contributed by atoms with Gasteiger partial charge in [-0.15, -0.1) is 0 Å². The van der Waals surface area contributed by atoms with Gasteiger partial charge in [-0.2, -0.15) is 0 Å². The summed E-state index contributed by atoms with van der Waals surface area (Å²) in [7, 11) is 0. The van der Waals surface area contributed by atoms with Gasteiger partial charge in [0, 0.05) is 11.0 Å². The number of aliphatic hydroxyl groups excluding tert-OH is 1. The second kappa shape index (κ2) is 4.61. The summed E-state index contributed by atoms with van der Waals surface area (Å²) in [5, 5.41) is 10.2. The first-order valence-corrected chi connectivity index (χ1v) is 6.33. The van der Waals surface area contributed by atoms with Crippen LogP contribution in [0.2, 0.25) is 0 Å². The van der Waals surface area contributed by atoms with E-state index in [9.17, 15) is 9.90 Å². The van der Waals surface area contributed by atoms with Crippen molar-refractivity contribution in [2.75, 3.05) is 0 Å². The largest absolute Gasteiger partial charge is 0.392 e. The normalized spacial score (nSPS) is 36.2. The van der Waals surface area contributed by atoms with E-state index in [4.69, 9.17) is 0 Å². The number of carbonyl (C=O) groups excluding carboxylic acids is 1. The number of aliphatic hydroxyl groups is 1. The number of hydrogen-bond donors (Lipinski definition) is 1. The lowest BCUT2D eigenvalue weighted by molar-refractivity contribution is -0.112. The zero-order valence-electron chi connectivity index (χ0n) is 10.6. The molecule has 0 heterocycles. The van der Waals surface area contributed by atoms with Crippen LogP contribution in [0.15, 0.2) is 35.5 Å². The molecule has 0 aromatic carbocycles. The molecule has 2 aliphatic carbocycles. The maximum absolute atomic E-state index is 11.9. The monoisotopic (exact) mass is 232 g/mol. The molecule has 0 aromatic heterocycles. The van der Waals surface area contributed by atoms with Crippen LogP contribution >= 0.6 is 0 Å². The zero-order valence-corrected chi connectivity index (χ0v) is 10.6. The molecule has 2 aliphatic rings. The van der Waals surface area contributed by atoms with Crippen LogP contribution in [-0.4, -0.2) is 17.0 Å². The molecule has 1 fully saturated rings. The van der Waals surface area contributed by atoms with Gasteiger partial charge in [0.2, 0.25) is 0 Å². The Morgan fingerprint density at radius 1 is 1.53 bits per heavy atom. The smallest absolute Gasteiger partial charge is 0.181 e. The fraction of sp³-hybridized carbons (Fsp3) is 0.533. The molecule has 2 nitrogen and oxygen atoms in total. The van der Waals surface area contributed by atoms with E-state index in [1.165, 1.54) is 0 Å². The number of fused-ring (bicyclic) bond motifs is 1. The van der Waals surface area contributed by atoms with Gasteiger partial charge in [-0.25, -0.2) is 0 Å². The van der Waals surface area contributed by atoms with Gasteiger partial charge in [0.25, 0.3) is 0 Å². The lowest BCUT2D eigenvalue weighted by atomic mass is 9.63. The molecule has 0 spiro atoms. The fourth-order valence-electron chi connectivity index (χ4n) is 2.86. The first-order valence-electron chi connectivity index (χ1n) is 6.33. The minimum atomic E-state index is -0.315. The third-order valence-corrected chi connectivity index (χ3v) is 4.06. The van der Waals surface area contributed by atoms with Crippen LogP contribution in [0.3, 0.4) is 0 Å². The van der Waals surface area contributed by atoms with E-state index < -0.39 is 0 Å². The van der Waals surface area contributed by atoms with Crippen LogP contribution in [0.4, 0.5) is 0 Å². The maximum atomic E-state index is 11.9. The summed E-state index contributed by atoms with van der Waals surface area (Å²) in [5.41, 5.74) is 1.73. The Morgan fingerprint density at radius 3 is 3.00 bits per heavy atom. The molecule has 0 aliphatic heterocycles. The minimum absolute atomic E-state index is 0.115. The van der Waals surface area contributed by atoms with Gasteiger partial charge in [0.15, 0.2) is 5.78 Å². The summed E-state index contributed by atoms with van der Waals surface area (Å²) in [6.45, 7) is 4.02. The fourth-order valence-corrected chi connectivity index (χ4v) is 2.86. The number of carbonyl (C=O) groups is 1. The van der Waals surface area contributed by atoms with E-state index in [1.54, 1.807) is 6.08 Å². The first-order chi connectivity index (χ1) is 8.08. The van der Waals surface area contributed by atoms with Gasteiger partial charge < -0.3 is 5.11 Å². The van der Waals surface area contributed by atoms with Gasteiger partial charge in [-0.1, -0.05) is 30.7 Å². The first kappa shape index (κ1) is 12.3. The molecule has 2 heteroatoms. The standard InChI is InChI=1S/C15H20O2/c1-3-4-6-11-10-15(2)12(9-13(11)16)7-5-8-14(15)17/h3-4,6,9,14,17H,5,7-8,10H2,1-2H3/b4-3+,11-6+/t14-,15-/m0/s1. The number of rotatable bonds is 1. The highest BCUT2D eigenvalue weighted by molar-refractivity contribution is 6.06. The Hall–Kier alpha value is -1.15. The summed E-state index contributed by atoms with van der Waals surface area (Å²) < 4.78 is 0. The van der Waals surface area contributed by atoms with Crippen LogP contribution in [0, 0.1) is 5.41 Å². The van der Waals surface area contributed by atoms with Crippen molar-refractivity contribution in [1.82, 2.24) is 0 Å². The highest BCUT2D eigenvalue weighted by atomic mass is 16.3. The van der Waals surface area contributed by atoms with Crippen molar-refractivity contribution in [2.45, 2.75) is 45.6 Å². The van der Waals surface area contributed by atoms with E-state index in [0.29, 0.717) is 6.42 Å². The Balaban J connectivity index is 2.37. The number of allylic oxidation sites excluding steroid dienone is 5. The highest BCUT2D eigenvalue weighted by Crippen LogP contribution is 2.47. The van der Waals surface area contributed by atoms with Crippen LogP contribution in [0.1, 0.15) is 39.5 Å². The molecule has 0 amide bonds. The predicted octanol–water partition coefficient (Wildman–Crippen LogP) is 2.94. The Kier molecular flexibility index (Phi) is 3.34. The third kappa shape index (κ3) is 2.14. The summed E-state index contributed by atoms with van der Waals surface area (Å²) in [6, 6.07) is 0. The Morgan fingerprint density at radius 2 is 2.29 bits per heavy atom. The lowest BCUT2D eigenvalue weighted by Crippen LogP contribution is -2.41. The van der Waals surface area contributed by atoms with Crippen LogP contribution < -0.4 is 0 Å². The molecule has 17 heavy (non-hydrogen) atoms. The minimum Gasteiger partial charge on any atom is -0.392 e. The summed E-state index contributed by atoms with van der Waals surface area (Å²) in [5.74, 6) is 0.115. The number of hydrogen-bond acceptors (Lipinski definition) is 2. The summed E-state index contributed by atoms with van der Waals surface area (Å²) in [6.07, 6.45) is 10.6. The van der Waals surface area contributed by atoms with E-state index in [-0.39, 0.29) is 17.3 Å². The molecule has 0 aromatic rings. The van der Waals surface area contributed by atoms with Crippen LogP contribution in [-0.2, 0) is 4.79 Å². The topological polar surface area (TPSA) is 37.3 Å². The molecule has 2 atom stereocenters. The molecule has 2 rings (SSSR count). The van der Waals surface area contributed by atoms with Crippen molar-refractivity contribution >= 4 is 5.78 Å². The Labute approximate surface area is 103 Å². The average Bonchev–Trinajstić information content (AvgIpc) is 2.30. The molecule has 0 bridgehead atoms. The predicted molar refractivity (Wildman–Crippen MR) is 68.6 cm³/mol. The van der Waals surface area contributed by atoms with E-state index >= 15 is 0 Å². The summed E-state index contributed by atoms with van der Waals surface area (Å²) >= 11 is 0. The van der Waals surface area contributed by atoms with Crippen molar-refractivity contribution < 1.29 is 9.90 Å². The van der Waals surface area contributed by atoms with Crippen molar-refractivity contribution in [1.29, 1.82) is 0 Å². The van der Waals surface area contributed by atoms with E-state index in [1.807, 2.05) is 25.2 Å². The molecule has 0 radical (unpaired) electrons. The molecule has 0 unspecified atom stereocenters. The maximum Gasteiger partial charge on any atom is 0.181 e. The second-order valence-corrected chi connectivity index (χ2v) is 5.25. The second-order valence-electron chi connectivity index (χ2n) is 5.25. The van der Waals surface area contributed by atoms with Crippen LogP contribution in [0.25, 0.3) is 0 Å². The van der Waals surface area contributed by atoms with Gasteiger partial charge >= 0.3 is 0 Å². The van der Waals surface area contributed by atoms with Crippen molar-refractivity contribution in [2.24, 2.45) is 5.41 Å². The van der Waals surface area contributed by atoms with Gasteiger partial charge in [0.1, 0.15) is 0 Å². The third-order valence-electron chi connectivity index (χ3n) is 4.06. The SMILES string of the molecule is C/C=C/C=C1\C[C@@]2(C)C(=CC1=O)CCC[C@@H]2O. The zero-order chi connectivity index (χ0) is 12.5. The molecular formula is C15H20O2. The molecule has 1 N–H and O–H groups in total. The van der Waals surface area contributed by atoms with Gasteiger partial charge in [-0.3, -0.25) is 4.79 Å². The highest BCUT2D eigenvalue weighted by Gasteiger charge is 2.43. The van der Waals surface area contributed by atoms with Gasteiger partial charge in [0.05, 0.1) is 6.10 Å². The van der Waals surface area contributed by atoms with Crippen molar-refractivity contribution in [3.63, 3.8) is 0 Å². The summed E-state index contributed by atoms with van der Waals surface area (Å²) in [4.78, 5) is 11.9. The van der Waals surface area contributed by atoms with Gasteiger partial charge in [-0.05, 0) is 38.7 Å². The van der Waals surface area contributed by atoms with Crippen LogP contribution in [0.5, 0.6) is 0 Å².